The van der Waals surface area contributed by atoms with E-state index in [-0.39, 0.29) is 12.3 Å². The lowest BCUT2D eigenvalue weighted by Gasteiger charge is -2.22. The minimum Gasteiger partial charge on any atom is -0.481 e. The number of ether oxygens (including phenoxy) is 1. The lowest BCUT2D eigenvalue weighted by Crippen LogP contribution is -2.37. The lowest BCUT2D eigenvalue weighted by molar-refractivity contribution is -0.384. The fourth-order valence-electron chi connectivity index (χ4n) is 2.21. The molecule has 0 bridgehead atoms. The van der Waals surface area contributed by atoms with Gasteiger partial charge in [0.1, 0.15) is 0 Å². The van der Waals surface area contributed by atoms with E-state index in [1.807, 2.05) is 0 Å². The maximum Gasteiger partial charge on any atom is 0.269 e. The van der Waals surface area contributed by atoms with Crippen molar-refractivity contribution in [2.75, 3.05) is 13.7 Å². The molecule has 128 valence electrons. The van der Waals surface area contributed by atoms with Crippen LogP contribution < -0.4 is 10.1 Å². The van der Waals surface area contributed by atoms with Crippen LogP contribution in [0.2, 0.25) is 0 Å². The summed E-state index contributed by atoms with van der Waals surface area (Å²) in [6.45, 7) is 0.0224. The zero-order valence-electron chi connectivity index (χ0n) is 13.1. The van der Waals surface area contributed by atoms with Crippen LogP contribution >= 0.6 is 0 Å². The number of hydrogen-bond donors (Lipinski definition) is 3. The average Bonchev–Trinajstić information content (AvgIpc) is 2.62. The molecule has 1 heterocycles. The number of rotatable bonds is 8. The molecule has 2 aromatic rings. The van der Waals surface area contributed by atoms with Gasteiger partial charge in [0.05, 0.1) is 36.5 Å². The number of methoxy groups -OCH3 is 1. The van der Waals surface area contributed by atoms with Gasteiger partial charge >= 0.3 is 0 Å². The monoisotopic (exact) mass is 333 g/mol. The van der Waals surface area contributed by atoms with Gasteiger partial charge in [-0.05, 0) is 23.8 Å². The van der Waals surface area contributed by atoms with Crippen LogP contribution in [0, 0.1) is 10.1 Å². The third-order valence-electron chi connectivity index (χ3n) is 3.56. The first-order valence-corrected chi connectivity index (χ1v) is 7.31. The number of benzene rings is 1. The smallest absolute Gasteiger partial charge is 0.269 e. The van der Waals surface area contributed by atoms with E-state index in [1.165, 1.54) is 31.4 Å². The number of non-ortho nitro benzene ring substituents is 1. The number of nitrogens with zero attached hydrogens (tertiary/aromatic N) is 2. The number of aliphatic hydroxyl groups excluding tert-OH is 2. The minimum atomic E-state index is -1.01. The molecule has 0 saturated heterocycles. The van der Waals surface area contributed by atoms with Crippen LogP contribution in [0.1, 0.15) is 17.4 Å². The molecule has 2 unspecified atom stereocenters. The number of nitro benzene ring substituents is 1. The lowest BCUT2D eigenvalue weighted by atomic mass is 10.0. The summed E-state index contributed by atoms with van der Waals surface area (Å²) in [5.74, 6) is 0.478. The van der Waals surface area contributed by atoms with E-state index in [4.69, 9.17) is 4.74 Å². The Bertz CT molecular complexity index is 678. The highest BCUT2D eigenvalue weighted by Gasteiger charge is 2.20. The van der Waals surface area contributed by atoms with Crippen molar-refractivity contribution in [3.05, 3.63) is 63.8 Å². The summed E-state index contributed by atoms with van der Waals surface area (Å²) in [6, 6.07) is 10.2. The van der Waals surface area contributed by atoms with Gasteiger partial charge in [0.15, 0.2) is 0 Å². The van der Waals surface area contributed by atoms with E-state index in [9.17, 15) is 20.3 Å². The van der Waals surface area contributed by atoms with Crippen LogP contribution in [0.4, 0.5) is 5.69 Å². The number of pyridine rings is 1. The van der Waals surface area contributed by atoms with Crippen molar-refractivity contribution in [1.82, 2.24) is 10.3 Å². The summed E-state index contributed by atoms with van der Waals surface area (Å²) < 4.78 is 5.04. The Kier molecular flexibility index (Phi) is 6.19. The van der Waals surface area contributed by atoms with Crippen molar-refractivity contribution in [3.8, 4) is 5.88 Å². The average molecular weight is 333 g/mol. The molecule has 2 rings (SSSR count). The molecule has 8 heteroatoms. The molecular formula is C16H19N3O5. The Balaban J connectivity index is 2.02. The minimum absolute atomic E-state index is 0.0555. The van der Waals surface area contributed by atoms with Gasteiger partial charge in [-0.25, -0.2) is 4.98 Å². The molecule has 8 nitrogen and oxygen atoms in total. The van der Waals surface area contributed by atoms with E-state index in [1.54, 1.807) is 18.2 Å². The van der Waals surface area contributed by atoms with E-state index in [0.717, 1.165) is 0 Å². The normalized spacial score (nSPS) is 13.3. The standard InChI is InChI=1S/C16H19N3O5/c1-24-15-4-2-3-12(18-15)9-17-14(10-20)16(21)11-5-7-13(8-6-11)19(22)23/h2-8,14,16-17,20-21H,9-10H2,1H3. The van der Waals surface area contributed by atoms with Crippen LogP contribution in [-0.4, -0.2) is 39.9 Å². The maximum atomic E-state index is 10.7. The molecular weight excluding hydrogens is 314 g/mol. The van der Waals surface area contributed by atoms with Crippen molar-refractivity contribution >= 4 is 5.69 Å². The third-order valence-corrected chi connectivity index (χ3v) is 3.56. The zero-order valence-corrected chi connectivity index (χ0v) is 13.1. The largest absolute Gasteiger partial charge is 0.481 e. The first-order chi connectivity index (χ1) is 11.5. The van der Waals surface area contributed by atoms with E-state index < -0.39 is 17.1 Å². The van der Waals surface area contributed by atoms with E-state index in [0.29, 0.717) is 23.7 Å². The first kappa shape index (κ1) is 17.8. The third kappa shape index (κ3) is 4.48. The van der Waals surface area contributed by atoms with Crippen LogP contribution in [0.5, 0.6) is 5.88 Å². The molecule has 1 aromatic carbocycles. The number of nitrogens with one attached hydrogen (secondary N) is 1. The quantitative estimate of drug-likeness (QED) is 0.490. The summed E-state index contributed by atoms with van der Waals surface area (Å²) in [5, 5.41) is 33.5. The molecule has 0 aliphatic rings. The predicted molar refractivity (Wildman–Crippen MR) is 86.6 cm³/mol. The summed E-state index contributed by atoms with van der Waals surface area (Å²) in [6.07, 6.45) is -1.01. The van der Waals surface area contributed by atoms with Gasteiger partial charge < -0.3 is 20.3 Å². The van der Waals surface area contributed by atoms with Crippen molar-refractivity contribution in [2.45, 2.75) is 18.7 Å². The van der Waals surface area contributed by atoms with Gasteiger partial charge in [-0.15, -0.1) is 0 Å². The summed E-state index contributed by atoms with van der Waals surface area (Å²) >= 11 is 0. The van der Waals surface area contributed by atoms with Gasteiger partial charge in [-0.3, -0.25) is 10.1 Å². The molecule has 0 aliphatic heterocycles. The topological polar surface area (TPSA) is 118 Å². The Morgan fingerprint density at radius 1 is 1.29 bits per heavy atom. The molecule has 0 aliphatic carbocycles. The Morgan fingerprint density at radius 2 is 2.00 bits per heavy atom. The predicted octanol–water partition coefficient (Wildman–Crippen LogP) is 1.18. The highest BCUT2D eigenvalue weighted by Crippen LogP contribution is 2.20. The number of hydrogen-bond acceptors (Lipinski definition) is 7. The van der Waals surface area contributed by atoms with Gasteiger partial charge in [-0.2, -0.15) is 0 Å². The van der Waals surface area contributed by atoms with Crippen molar-refractivity contribution in [3.63, 3.8) is 0 Å². The van der Waals surface area contributed by atoms with Crippen LogP contribution in [0.3, 0.4) is 0 Å². The highest BCUT2D eigenvalue weighted by atomic mass is 16.6. The van der Waals surface area contributed by atoms with Crippen molar-refractivity contribution in [1.29, 1.82) is 0 Å². The second-order valence-corrected chi connectivity index (χ2v) is 5.13. The Labute approximate surface area is 138 Å². The van der Waals surface area contributed by atoms with Crippen molar-refractivity contribution in [2.24, 2.45) is 0 Å². The van der Waals surface area contributed by atoms with Crippen LogP contribution in [0.15, 0.2) is 42.5 Å². The SMILES string of the molecule is COc1cccc(CNC(CO)C(O)c2ccc([N+](=O)[O-])cc2)n1. The molecule has 3 N–H and O–H groups in total. The molecule has 0 radical (unpaired) electrons. The zero-order chi connectivity index (χ0) is 17.5. The summed E-state index contributed by atoms with van der Waals surface area (Å²) in [4.78, 5) is 14.4. The number of nitro groups is 1. The van der Waals surface area contributed by atoms with Crippen LogP contribution in [-0.2, 0) is 6.54 Å². The van der Waals surface area contributed by atoms with Gasteiger partial charge in [0.25, 0.3) is 5.69 Å². The molecule has 2 atom stereocenters. The second-order valence-electron chi connectivity index (χ2n) is 5.13. The molecule has 0 fully saturated rings. The van der Waals surface area contributed by atoms with Crippen LogP contribution in [0.25, 0.3) is 0 Å². The van der Waals surface area contributed by atoms with Gasteiger partial charge in [0.2, 0.25) is 5.88 Å². The number of aliphatic hydroxyl groups is 2. The highest BCUT2D eigenvalue weighted by molar-refractivity contribution is 5.34. The first-order valence-electron chi connectivity index (χ1n) is 7.31. The number of aromatic nitrogens is 1. The van der Waals surface area contributed by atoms with E-state index in [2.05, 4.69) is 10.3 Å². The molecule has 1 aromatic heterocycles. The molecule has 0 amide bonds. The fourth-order valence-corrected chi connectivity index (χ4v) is 2.21. The Hall–Kier alpha value is -2.55. The molecule has 0 spiro atoms. The van der Waals surface area contributed by atoms with Gasteiger partial charge in [0, 0.05) is 24.7 Å². The summed E-state index contributed by atoms with van der Waals surface area (Å²) in [7, 11) is 1.52. The molecule has 24 heavy (non-hydrogen) atoms. The maximum absolute atomic E-state index is 10.7. The molecule has 0 saturated carbocycles. The summed E-state index contributed by atoms with van der Waals surface area (Å²) in [5.41, 5.74) is 1.12. The van der Waals surface area contributed by atoms with Crippen molar-refractivity contribution < 1.29 is 19.9 Å². The fraction of sp³-hybridized carbons (Fsp3) is 0.312. The second kappa shape index (κ2) is 8.34. The Morgan fingerprint density at radius 3 is 2.58 bits per heavy atom. The van der Waals surface area contributed by atoms with E-state index >= 15 is 0 Å². The van der Waals surface area contributed by atoms with Gasteiger partial charge in [-0.1, -0.05) is 6.07 Å².